The van der Waals surface area contributed by atoms with Crippen molar-refractivity contribution in [2.24, 2.45) is 0 Å². The summed E-state index contributed by atoms with van der Waals surface area (Å²) in [5, 5.41) is 3.01. The summed E-state index contributed by atoms with van der Waals surface area (Å²) in [7, 11) is -4.09. The lowest BCUT2D eigenvalue weighted by atomic mass is 10.1. The van der Waals surface area contributed by atoms with Crippen LogP contribution in [-0.4, -0.2) is 50.3 Å². The van der Waals surface area contributed by atoms with Crippen LogP contribution < -0.4 is 9.62 Å². The summed E-state index contributed by atoms with van der Waals surface area (Å²) >= 11 is 0. The van der Waals surface area contributed by atoms with Crippen molar-refractivity contribution in [3.63, 3.8) is 0 Å². The van der Waals surface area contributed by atoms with Crippen molar-refractivity contribution in [2.75, 3.05) is 17.4 Å². The summed E-state index contributed by atoms with van der Waals surface area (Å²) in [4.78, 5) is 29.2. The fraction of sp³-hybridized carbons (Fsp3) is 0.394. The Labute approximate surface area is 245 Å². The quantitative estimate of drug-likeness (QED) is 0.288. The van der Waals surface area contributed by atoms with E-state index in [1.165, 1.54) is 4.31 Å². The van der Waals surface area contributed by atoms with Crippen LogP contribution in [0.3, 0.4) is 0 Å². The number of sulfonamides is 1. The van der Waals surface area contributed by atoms with Crippen molar-refractivity contribution in [3.8, 4) is 0 Å². The van der Waals surface area contributed by atoms with Crippen LogP contribution in [0.2, 0.25) is 0 Å². The summed E-state index contributed by atoms with van der Waals surface area (Å²) in [6.45, 7) is 11.3. The van der Waals surface area contributed by atoms with E-state index in [0.717, 1.165) is 28.7 Å². The molecule has 0 aliphatic carbocycles. The van der Waals surface area contributed by atoms with Crippen LogP contribution in [0.25, 0.3) is 0 Å². The second-order valence-electron chi connectivity index (χ2n) is 10.7. The smallest absolute Gasteiger partial charge is 0.264 e. The molecule has 2 amide bonds. The Morgan fingerprint density at radius 1 is 0.854 bits per heavy atom. The van der Waals surface area contributed by atoms with Crippen LogP contribution >= 0.6 is 0 Å². The van der Waals surface area contributed by atoms with Crippen molar-refractivity contribution in [2.45, 2.75) is 77.8 Å². The second kappa shape index (κ2) is 14.3. The lowest BCUT2D eigenvalue weighted by Crippen LogP contribution is -2.54. The van der Waals surface area contributed by atoms with Crippen molar-refractivity contribution in [3.05, 3.63) is 95.1 Å². The molecule has 3 rings (SSSR count). The number of hydrogen-bond acceptors (Lipinski definition) is 4. The number of aryl methyl sites for hydroxylation is 3. The van der Waals surface area contributed by atoms with Gasteiger partial charge in [0.05, 0.1) is 10.6 Å². The van der Waals surface area contributed by atoms with Crippen LogP contribution in [0.1, 0.15) is 55.9 Å². The molecule has 0 bridgehead atoms. The van der Waals surface area contributed by atoms with E-state index in [-0.39, 0.29) is 23.4 Å². The Morgan fingerprint density at radius 2 is 1.49 bits per heavy atom. The molecule has 0 spiro atoms. The van der Waals surface area contributed by atoms with Crippen molar-refractivity contribution < 1.29 is 18.0 Å². The maximum Gasteiger partial charge on any atom is 0.264 e. The number of nitrogens with one attached hydrogen (secondary N) is 1. The number of hydrogen-bond donors (Lipinski definition) is 1. The molecule has 0 saturated heterocycles. The van der Waals surface area contributed by atoms with Gasteiger partial charge in [0, 0.05) is 12.6 Å². The van der Waals surface area contributed by atoms with Gasteiger partial charge < -0.3 is 10.2 Å². The van der Waals surface area contributed by atoms with Gasteiger partial charge in [-0.1, -0.05) is 79.6 Å². The van der Waals surface area contributed by atoms with Gasteiger partial charge in [-0.2, -0.15) is 0 Å². The summed E-state index contributed by atoms with van der Waals surface area (Å²) in [5.41, 5.74) is 4.13. The molecule has 7 nitrogen and oxygen atoms in total. The number of anilines is 1. The molecule has 1 N–H and O–H groups in total. The zero-order chi connectivity index (χ0) is 30.2. The Balaban J connectivity index is 2.04. The zero-order valence-corrected chi connectivity index (χ0v) is 25.9. The molecule has 2 atom stereocenters. The monoisotopic (exact) mass is 577 g/mol. The number of rotatable bonds is 13. The fourth-order valence-corrected chi connectivity index (χ4v) is 6.25. The Bertz CT molecular complexity index is 1420. The molecule has 41 heavy (non-hydrogen) atoms. The number of amides is 2. The summed E-state index contributed by atoms with van der Waals surface area (Å²) in [5.74, 6) is -0.662. The minimum Gasteiger partial charge on any atom is -0.352 e. The molecule has 0 aliphatic rings. The predicted molar refractivity (Wildman–Crippen MR) is 165 cm³/mol. The standard InChI is InChI=1S/C33H43N3O4S/c1-7-27(6)34-33(38)30(8-2)35(21-20-28-12-10-9-11-13-28)32(37)23-36(31-19-16-25(4)22-26(31)5)41(39,40)29-17-14-24(3)15-18-29/h9-19,22,27,30H,7-8,20-21,23H2,1-6H3,(H,34,38)/t27-,30-/m1/s1. The summed E-state index contributed by atoms with van der Waals surface area (Å²) in [6, 6.07) is 21.1. The number of nitrogens with zero attached hydrogens (tertiary/aromatic N) is 2. The Morgan fingerprint density at radius 3 is 2.07 bits per heavy atom. The second-order valence-corrected chi connectivity index (χ2v) is 12.5. The summed E-state index contributed by atoms with van der Waals surface area (Å²) in [6.07, 6.45) is 1.69. The van der Waals surface area contributed by atoms with Crippen molar-refractivity contribution in [1.29, 1.82) is 0 Å². The molecule has 3 aromatic rings. The van der Waals surface area contributed by atoms with Crippen molar-refractivity contribution >= 4 is 27.5 Å². The minimum atomic E-state index is -4.09. The lowest BCUT2D eigenvalue weighted by molar-refractivity contribution is -0.139. The maximum atomic E-state index is 14.2. The van der Waals surface area contributed by atoms with Crippen LogP contribution in [0.15, 0.2) is 77.7 Å². The van der Waals surface area contributed by atoms with Gasteiger partial charge in [0.2, 0.25) is 11.8 Å². The van der Waals surface area contributed by atoms with Gasteiger partial charge in [0.1, 0.15) is 12.6 Å². The molecule has 0 fully saturated rings. The molecule has 220 valence electrons. The first-order chi connectivity index (χ1) is 19.5. The minimum absolute atomic E-state index is 0.0451. The highest BCUT2D eigenvalue weighted by Gasteiger charge is 2.34. The van der Waals surface area contributed by atoms with Gasteiger partial charge in [-0.25, -0.2) is 8.42 Å². The van der Waals surface area contributed by atoms with E-state index >= 15 is 0 Å². The first-order valence-corrected chi connectivity index (χ1v) is 15.7. The fourth-order valence-electron chi connectivity index (χ4n) is 4.77. The van der Waals surface area contributed by atoms with Gasteiger partial charge in [0.15, 0.2) is 0 Å². The van der Waals surface area contributed by atoms with E-state index in [9.17, 15) is 18.0 Å². The number of carbonyl (C=O) groups is 2. The molecule has 0 saturated carbocycles. The van der Waals surface area contributed by atoms with Crippen LogP contribution in [0.4, 0.5) is 5.69 Å². The van der Waals surface area contributed by atoms with E-state index in [2.05, 4.69) is 5.32 Å². The molecule has 8 heteroatoms. The van der Waals surface area contributed by atoms with E-state index in [4.69, 9.17) is 0 Å². The third-order valence-electron chi connectivity index (χ3n) is 7.38. The SMILES string of the molecule is CC[C@@H](C)NC(=O)[C@@H](CC)N(CCc1ccccc1)C(=O)CN(c1ccc(C)cc1C)S(=O)(=O)c1ccc(C)cc1. The van der Waals surface area contributed by atoms with E-state index < -0.39 is 28.5 Å². The van der Waals surface area contributed by atoms with Gasteiger partial charge in [0.25, 0.3) is 10.0 Å². The normalized spacial score (nSPS) is 12.8. The third kappa shape index (κ3) is 8.19. The van der Waals surface area contributed by atoms with Gasteiger partial charge in [-0.15, -0.1) is 0 Å². The molecule has 0 aromatic heterocycles. The van der Waals surface area contributed by atoms with E-state index in [1.807, 2.05) is 84.0 Å². The topological polar surface area (TPSA) is 86.8 Å². The Kier molecular flexibility index (Phi) is 11.1. The van der Waals surface area contributed by atoms with E-state index in [0.29, 0.717) is 18.5 Å². The highest BCUT2D eigenvalue weighted by molar-refractivity contribution is 7.92. The Hall–Kier alpha value is -3.65. The van der Waals surface area contributed by atoms with Crippen molar-refractivity contribution in [1.82, 2.24) is 10.2 Å². The number of carbonyl (C=O) groups excluding carboxylic acids is 2. The molecule has 0 radical (unpaired) electrons. The molecular formula is C33H43N3O4S. The molecular weight excluding hydrogens is 534 g/mol. The number of benzene rings is 3. The van der Waals surface area contributed by atoms with Crippen LogP contribution in [0, 0.1) is 20.8 Å². The van der Waals surface area contributed by atoms with E-state index in [1.54, 1.807) is 35.2 Å². The van der Waals surface area contributed by atoms with Gasteiger partial charge in [-0.05, 0) is 76.3 Å². The van der Waals surface area contributed by atoms with Gasteiger partial charge in [-0.3, -0.25) is 13.9 Å². The first kappa shape index (κ1) is 31.9. The summed E-state index contributed by atoms with van der Waals surface area (Å²) < 4.78 is 29.3. The predicted octanol–water partition coefficient (Wildman–Crippen LogP) is 5.57. The first-order valence-electron chi connectivity index (χ1n) is 14.3. The highest BCUT2D eigenvalue weighted by atomic mass is 32.2. The molecule has 3 aromatic carbocycles. The average molecular weight is 578 g/mol. The van der Waals surface area contributed by atoms with Crippen LogP contribution in [0.5, 0.6) is 0 Å². The maximum absolute atomic E-state index is 14.2. The largest absolute Gasteiger partial charge is 0.352 e. The lowest BCUT2D eigenvalue weighted by Gasteiger charge is -2.34. The molecule has 0 aliphatic heterocycles. The van der Waals surface area contributed by atoms with Crippen LogP contribution in [-0.2, 0) is 26.0 Å². The molecule has 0 heterocycles. The highest BCUT2D eigenvalue weighted by Crippen LogP contribution is 2.28. The average Bonchev–Trinajstić information content (AvgIpc) is 2.94. The zero-order valence-electron chi connectivity index (χ0n) is 25.1. The van der Waals surface area contributed by atoms with Gasteiger partial charge >= 0.3 is 0 Å². The third-order valence-corrected chi connectivity index (χ3v) is 9.15. The molecule has 0 unspecified atom stereocenters.